The highest BCUT2D eigenvalue weighted by atomic mass is 14.6. The van der Waals surface area contributed by atoms with Gasteiger partial charge >= 0.3 is 0 Å². The molecule has 0 saturated heterocycles. The van der Waals surface area contributed by atoms with E-state index in [0.717, 1.165) is 6.54 Å². The highest BCUT2D eigenvalue weighted by Crippen LogP contribution is 2.54. The zero-order chi connectivity index (χ0) is 11.2. The molecule has 0 aromatic heterocycles. The van der Waals surface area contributed by atoms with Gasteiger partial charge in [-0.3, -0.25) is 0 Å². The molecule has 2 N–H and O–H groups in total. The van der Waals surface area contributed by atoms with Crippen LogP contribution in [0.1, 0.15) is 54.7 Å². The van der Waals surface area contributed by atoms with E-state index in [9.17, 15) is 0 Å². The standard InChI is InChI=1S/C15H21N/c1-11-4-2-5-13-12(10-16)6-9-15(14(11)13)7-3-8-15/h2,4-5,12H,3,6-10,16H2,1H3. The van der Waals surface area contributed by atoms with E-state index in [4.69, 9.17) is 5.73 Å². The summed E-state index contributed by atoms with van der Waals surface area (Å²) in [5.41, 5.74) is 11.2. The maximum absolute atomic E-state index is 5.92. The lowest BCUT2D eigenvalue weighted by atomic mass is 9.55. The van der Waals surface area contributed by atoms with Crippen molar-refractivity contribution in [1.29, 1.82) is 0 Å². The van der Waals surface area contributed by atoms with Crippen molar-refractivity contribution in [2.24, 2.45) is 5.73 Å². The van der Waals surface area contributed by atoms with Gasteiger partial charge in [0.1, 0.15) is 0 Å². The summed E-state index contributed by atoms with van der Waals surface area (Å²) < 4.78 is 0. The van der Waals surface area contributed by atoms with Crippen LogP contribution in [-0.4, -0.2) is 6.54 Å². The van der Waals surface area contributed by atoms with Crippen molar-refractivity contribution >= 4 is 0 Å². The number of hydrogen-bond donors (Lipinski definition) is 1. The van der Waals surface area contributed by atoms with Crippen LogP contribution in [0.15, 0.2) is 18.2 Å². The Labute approximate surface area is 98.0 Å². The molecule has 3 rings (SSSR count). The highest BCUT2D eigenvalue weighted by molar-refractivity contribution is 5.46. The highest BCUT2D eigenvalue weighted by Gasteiger charge is 2.44. The number of benzene rings is 1. The monoisotopic (exact) mass is 215 g/mol. The predicted molar refractivity (Wildman–Crippen MR) is 67.7 cm³/mol. The second-order valence-corrected chi connectivity index (χ2v) is 5.64. The molecule has 0 radical (unpaired) electrons. The summed E-state index contributed by atoms with van der Waals surface area (Å²) in [5.74, 6) is 0.612. The minimum atomic E-state index is 0.548. The molecule has 0 aliphatic heterocycles. The Kier molecular flexibility index (Phi) is 2.32. The molecule has 1 fully saturated rings. The number of aryl methyl sites for hydroxylation is 1. The van der Waals surface area contributed by atoms with E-state index in [1.807, 2.05) is 0 Å². The van der Waals surface area contributed by atoms with Gasteiger partial charge in [-0.25, -0.2) is 0 Å². The van der Waals surface area contributed by atoms with Crippen molar-refractivity contribution in [3.8, 4) is 0 Å². The molecule has 1 aromatic carbocycles. The second-order valence-electron chi connectivity index (χ2n) is 5.64. The van der Waals surface area contributed by atoms with Crippen molar-refractivity contribution in [3.05, 3.63) is 34.9 Å². The molecule has 1 spiro atoms. The normalized spacial score (nSPS) is 26.2. The van der Waals surface area contributed by atoms with E-state index in [-0.39, 0.29) is 0 Å². The summed E-state index contributed by atoms with van der Waals surface area (Å²) in [6, 6.07) is 6.80. The van der Waals surface area contributed by atoms with E-state index in [0.29, 0.717) is 11.3 Å². The lowest BCUT2D eigenvalue weighted by Crippen LogP contribution is -2.40. The third-order valence-corrected chi connectivity index (χ3v) is 4.84. The van der Waals surface area contributed by atoms with E-state index in [1.165, 1.54) is 37.7 Å². The van der Waals surface area contributed by atoms with Gasteiger partial charge in [0.05, 0.1) is 0 Å². The maximum atomic E-state index is 5.92. The molecule has 1 atom stereocenters. The molecule has 16 heavy (non-hydrogen) atoms. The van der Waals surface area contributed by atoms with Crippen molar-refractivity contribution in [1.82, 2.24) is 0 Å². The Morgan fingerprint density at radius 2 is 2.12 bits per heavy atom. The number of rotatable bonds is 1. The summed E-state index contributed by atoms with van der Waals surface area (Å²) in [7, 11) is 0. The van der Waals surface area contributed by atoms with Crippen LogP contribution in [0, 0.1) is 6.92 Å². The Bertz CT molecular complexity index is 404. The van der Waals surface area contributed by atoms with Crippen LogP contribution >= 0.6 is 0 Å². The Hall–Kier alpha value is -0.820. The molecular weight excluding hydrogens is 194 g/mol. The van der Waals surface area contributed by atoms with Gasteiger partial charge in [0.2, 0.25) is 0 Å². The van der Waals surface area contributed by atoms with E-state index >= 15 is 0 Å². The SMILES string of the molecule is Cc1cccc2c1C1(CCC1)CCC2CN. The first kappa shape index (κ1) is 10.3. The molecule has 0 heterocycles. The molecule has 0 bridgehead atoms. The topological polar surface area (TPSA) is 26.0 Å². The van der Waals surface area contributed by atoms with Crippen LogP contribution in [-0.2, 0) is 5.41 Å². The van der Waals surface area contributed by atoms with Crippen LogP contribution in [0.5, 0.6) is 0 Å². The average Bonchev–Trinajstić information content (AvgIpc) is 2.26. The summed E-state index contributed by atoms with van der Waals surface area (Å²) in [6.45, 7) is 3.09. The summed E-state index contributed by atoms with van der Waals surface area (Å²) in [6.07, 6.45) is 6.89. The average molecular weight is 215 g/mol. The molecule has 1 unspecified atom stereocenters. The first-order valence-electron chi connectivity index (χ1n) is 6.57. The van der Waals surface area contributed by atoms with Crippen molar-refractivity contribution < 1.29 is 0 Å². The molecule has 1 heteroatoms. The zero-order valence-electron chi connectivity index (χ0n) is 10.1. The molecule has 1 nitrogen and oxygen atoms in total. The summed E-state index contributed by atoms with van der Waals surface area (Å²) in [5, 5.41) is 0. The van der Waals surface area contributed by atoms with Gasteiger partial charge in [-0.1, -0.05) is 24.6 Å². The lowest BCUT2D eigenvalue weighted by Gasteiger charge is -2.49. The van der Waals surface area contributed by atoms with Crippen LogP contribution in [0.25, 0.3) is 0 Å². The fourth-order valence-electron chi connectivity index (χ4n) is 3.83. The van der Waals surface area contributed by atoms with Crippen molar-refractivity contribution in [2.75, 3.05) is 6.54 Å². The fraction of sp³-hybridized carbons (Fsp3) is 0.600. The zero-order valence-corrected chi connectivity index (χ0v) is 10.1. The largest absolute Gasteiger partial charge is 0.330 e. The Balaban J connectivity index is 2.14. The van der Waals surface area contributed by atoms with Gasteiger partial charge in [0, 0.05) is 0 Å². The van der Waals surface area contributed by atoms with E-state index in [1.54, 1.807) is 11.1 Å². The second kappa shape index (κ2) is 3.59. The smallest absolute Gasteiger partial charge is 0.000812 e. The van der Waals surface area contributed by atoms with Gasteiger partial charge in [-0.05, 0) is 67.2 Å². The Morgan fingerprint density at radius 3 is 2.75 bits per heavy atom. The minimum absolute atomic E-state index is 0.548. The van der Waals surface area contributed by atoms with Crippen molar-refractivity contribution in [2.45, 2.75) is 50.4 Å². The van der Waals surface area contributed by atoms with Gasteiger partial charge in [-0.15, -0.1) is 0 Å². The third-order valence-electron chi connectivity index (χ3n) is 4.84. The summed E-state index contributed by atoms with van der Waals surface area (Å²) >= 11 is 0. The van der Waals surface area contributed by atoms with E-state index < -0.39 is 0 Å². The minimum Gasteiger partial charge on any atom is -0.330 e. The number of fused-ring (bicyclic) bond motifs is 2. The molecule has 0 amide bonds. The molecule has 86 valence electrons. The maximum Gasteiger partial charge on any atom is -0.000812 e. The number of nitrogens with two attached hydrogens (primary N) is 1. The quantitative estimate of drug-likeness (QED) is 0.764. The van der Waals surface area contributed by atoms with E-state index in [2.05, 4.69) is 25.1 Å². The Morgan fingerprint density at radius 1 is 1.31 bits per heavy atom. The molecule has 2 aliphatic carbocycles. The van der Waals surface area contributed by atoms with Crippen LogP contribution in [0.3, 0.4) is 0 Å². The molecule has 2 aliphatic rings. The first-order chi connectivity index (χ1) is 7.77. The van der Waals surface area contributed by atoms with Crippen LogP contribution in [0.4, 0.5) is 0 Å². The summed E-state index contributed by atoms with van der Waals surface area (Å²) in [4.78, 5) is 0. The molecule has 1 aromatic rings. The predicted octanol–water partition coefficient (Wildman–Crippen LogP) is 3.25. The first-order valence-corrected chi connectivity index (χ1v) is 6.57. The van der Waals surface area contributed by atoms with Gasteiger partial charge in [0.15, 0.2) is 0 Å². The molecular formula is C15H21N. The van der Waals surface area contributed by atoms with Gasteiger partial charge < -0.3 is 5.73 Å². The van der Waals surface area contributed by atoms with Crippen molar-refractivity contribution in [3.63, 3.8) is 0 Å². The lowest BCUT2D eigenvalue weighted by molar-refractivity contribution is 0.198. The third kappa shape index (κ3) is 1.27. The van der Waals surface area contributed by atoms with Gasteiger partial charge in [-0.2, -0.15) is 0 Å². The van der Waals surface area contributed by atoms with Crippen LogP contribution < -0.4 is 5.73 Å². The number of hydrogen-bond acceptors (Lipinski definition) is 1. The van der Waals surface area contributed by atoms with Gasteiger partial charge in [0.25, 0.3) is 0 Å². The van der Waals surface area contributed by atoms with Crippen LogP contribution in [0.2, 0.25) is 0 Å². The fourth-order valence-corrected chi connectivity index (χ4v) is 3.83. The molecule has 1 saturated carbocycles.